The molecule has 4 nitrogen and oxygen atoms in total. The van der Waals surface area contributed by atoms with Gasteiger partial charge in [-0.15, -0.1) is 0 Å². The number of hydrogen-bond acceptors (Lipinski definition) is 4. The number of unbranched alkanes of at least 4 members (excludes halogenated alkanes) is 6. The maximum atomic E-state index is 13.5. The highest BCUT2D eigenvalue weighted by Gasteiger charge is 2.15. The minimum atomic E-state index is -2.03. The van der Waals surface area contributed by atoms with E-state index in [4.69, 9.17) is 10.0 Å². The van der Waals surface area contributed by atoms with Crippen molar-refractivity contribution in [2.75, 3.05) is 0 Å². The summed E-state index contributed by atoms with van der Waals surface area (Å²) >= 11 is 0. The third-order valence-corrected chi connectivity index (χ3v) is 3.14. The van der Waals surface area contributed by atoms with Crippen LogP contribution in [-0.2, 0) is 6.42 Å². The second-order valence-electron chi connectivity index (χ2n) is 4.91. The van der Waals surface area contributed by atoms with E-state index in [1.165, 1.54) is 38.2 Å². The van der Waals surface area contributed by atoms with Gasteiger partial charge in [0.2, 0.25) is 0 Å². The number of aryl methyl sites for hydroxylation is 1. The maximum Gasteiger partial charge on any atom is 0.707 e. The van der Waals surface area contributed by atoms with Gasteiger partial charge >= 0.3 is 7.32 Å². The van der Waals surface area contributed by atoms with Crippen LogP contribution in [0.5, 0.6) is 5.75 Å². The highest BCUT2D eigenvalue weighted by Crippen LogP contribution is 2.17. The van der Waals surface area contributed by atoms with Gasteiger partial charge in [-0.05, 0) is 25.0 Å². The van der Waals surface area contributed by atoms with Crippen LogP contribution < -0.4 is 4.65 Å². The molecule has 0 saturated heterocycles. The van der Waals surface area contributed by atoms with Gasteiger partial charge in [0.25, 0.3) is 5.95 Å². The van der Waals surface area contributed by atoms with Crippen LogP contribution in [0.1, 0.15) is 57.6 Å². The Kier molecular flexibility index (Phi) is 8.22. The quantitative estimate of drug-likeness (QED) is 0.394. The minimum absolute atomic E-state index is 0.247. The predicted molar refractivity (Wildman–Crippen MR) is 76.7 cm³/mol. The summed E-state index contributed by atoms with van der Waals surface area (Å²) in [6, 6.07) is 3.02. The second kappa shape index (κ2) is 9.72. The van der Waals surface area contributed by atoms with Crippen molar-refractivity contribution in [2.45, 2.75) is 58.3 Å². The molecule has 0 bridgehead atoms. The van der Waals surface area contributed by atoms with E-state index < -0.39 is 13.3 Å². The summed E-state index contributed by atoms with van der Waals surface area (Å²) in [6.45, 7) is 2.20. The Morgan fingerprint density at radius 1 is 1.10 bits per heavy atom. The van der Waals surface area contributed by atoms with Crippen molar-refractivity contribution in [3.63, 3.8) is 0 Å². The molecule has 1 aromatic rings. The summed E-state index contributed by atoms with van der Waals surface area (Å²) in [7, 11) is -2.03. The minimum Gasteiger partial charge on any atom is -0.508 e. The van der Waals surface area contributed by atoms with Crippen LogP contribution in [0.25, 0.3) is 0 Å². The SMILES string of the molecule is CCCCCCCCCc1ccc(OB(O)O)c(F)n1. The first-order chi connectivity index (χ1) is 9.63. The van der Waals surface area contributed by atoms with Gasteiger partial charge in [-0.2, -0.15) is 4.39 Å². The van der Waals surface area contributed by atoms with Gasteiger partial charge in [0.15, 0.2) is 5.75 Å². The van der Waals surface area contributed by atoms with Crippen molar-refractivity contribution in [3.8, 4) is 5.75 Å². The smallest absolute Gasteiger partial charge is 0.508 e. The molecule has 1 heterocycles. The van der Waals surface area contributed by atoms with E-state index in [2.05, 4.69) is 16.6 Å². The first-order valence-corrected chi connectivity index (χ1v) is 7.31. The molecule has 20 heavy (non-hydrogen) atoms. The van der Waals surface area contributed by atoms with Gasteiger partial charge in [-0.25, -0.2) is 4.98 Å². The first-order valence-electron chi connectivity index (χ1n) is 7.31. The lowest BCUT2D eigenvalue weighted by atomic mass is 10.1. The molecule has 1 rings (SSSR count). The average molecular weight is 283 g/mol. The van der Waals surface area contributed by atoms with E-state index in [1.807, 2.05) is 0 Å². The maximum absolute atomic E-state index is 13.5. The van der Waals surface area contributed by atoms with Crippen LogP contribution >= 0.6 is 0 Å². The molecule has 1 aromatic heterocycles. The summed E-state index contributed by atoms with van der Waals surface area (Å²) in [5.41, 5.74) is 0.663. The number of pyridine rings is 1. The lowest BCUT2D eigenvalue weighted by Crippen LogP contribution is -2.21. The van der Waals surface area contributed by atoms with Crippen molar-refractivity contribution in [1.29, 1.82) is 0 Å². The van der Waals surface area contributed by atoms with E-state index in [1.54, 1.807) is 6.07 Å². The van der Waals surface area contributed by atoms with Crippen LogP contribution in [0.2, 0.25) is 0 Å². The van der Waals surface area contributed by atoms with Gasteiger partial charge in [0, 0.05) is 5.69 Å². The van der Waals surface area contributed by atoms with Gasteiger partial charge in [0.1, 0.15) is 0 Å². The zero-order valence-electron chi connectivity index (χ0n) is 12.0. The summed E-state index contributed by atoms with van der Waals surface area (Å²) in [5, 5.41) is 17.2. The predicted octanol–water partition coefficient (Wildman–Crippen LogP) is 2.86. The molecule has 0 aromatic carbocycles. The largest absolute Gasteiger partial charge is 0.707 e. The van der Waals surface area contributed by atoms with Crippen molar-refractivity contribution in [2.24, 2.45) is 0 Å². The Bertz CT molecular complexity index is 391. The fraction of sp³-hybridized carbons (Fsp3) is 0.643. The molecule has 6 heteroatoms. The van der Waals surface area contributed by atoms with E-state index >= 15 is 0 Å². The number of hydrogen-bond donors (Lipinski definition) is 2. The summed E-state index contributed by atoms with van der Waals surface area (Å²) in [6.07, 6.45) is 9.15. The molecule has 112 valence electrons. The average Bonchev–Trinajstić information content (AvgIpc) is 2.40. The fourth-order valence-electron chi connectivity index (χ4n) is 2.06. The van der Waals surface area contributed by atoms with Gasteiger partial charge in [-0.3, -0.25) is 0 Å². The summed E-state index contributed by atoms with van der Waals surface area (Å²) in [5.74, 6) is -1.05. The van der Waals surface area contributed by atoms with Gasteiger partial charge < -0.3 is 14.7 Å². The van der Waals surface area contributed by atoms with E-state index in [9.17, 15) is 4.39 Å². The molecule has 0 atom stereocenters. The molecule has 0 aliphatic heterocycles. The molecule has 2 N–H and O–H groups in total. The van der Waals surface area contributed by atoms with Crippen molar-refractivity contribution in [3.05, 3.63) is 23.8 Å². The monoisotopic (exact) mass is 283 g/mol. The Hall–Kier alpha value is -1.14. The van der Waals surface area contributed by atoms with E-state index in [0.717, 1.165) is 19.3 Å². The van der Waals surface area contributed by atoms with Crippen LogP contribution in [-0.4, -0.2) is 22.4 Å². The highest BCUT2D eigenvalue weighted by molar-refractivity contribution is 6.33. The molecular formula is C14H23BFNO3. The third-order valence-electron chi connectivity index (χ3n) is 3.14. The van der Waals surface area contributed by atoms with E-state index in [0.29, 0.717) is 5.69 Å². The standard InChI is InChI=1S/C14H23BFNO3/c1-2-3-4-5-6-7-8-9-12-10-11-13(14(16)17-12)20-15(18)19/h10-11,18-19H,2-9H2,1H3. The Morgan fingerprint density at radius 3 is 2.35 bits per heavy atom. The van der Waals surface area contributed by atoms with Crippen molar-refractivity contribution >= 4 is 7.32 Å². The number of nitrogens with zero attached hydrogens (tertiary/aromatic N) is 1. The lowest BCUT2D eigenvalue weighted by Gasteiger charge is -2.07. The third kappa shape index (κ3) is 6.87. The molecular weight excluding hydrogens is 260 g/mol. The highest BCUT2D eigenvalue weighted by atomic mass is 19.1. The number of aromatic nitrogens is 1. The van der Waals surface area contributed by atoms with Crippen LogP contribution in [0.15, 0.2) is 12.1 Å². The molecule has 0 aliphatic carbocycles. The molecule has 0 fully saturated rings. The zero-order valence-corrected chi connectivity index (χ0v) is 12.0. The van der Waals surface area contributed by atoms with E-state index in [-0.39, 0.29) is 5.75 Å². The summed E-state index contributed by atoms with van der Waals surface area (Å²) in [4.78, 5) is 3.76. The lowest BCUT2D eigenvalue weighted by molar-refractivity contribution is 0.279. The van der Waals surface area contributed by atoms with Crippen LogP contribution in [0.3, 0.4) is 0 Å². The first kappa shape index (κ1) is 16.9. The molecule has 0 radical (unpaired) electrons. The Balaban J connectivity index is 2.25. The van der Waals surface area contributed by atoms with Crippen LogP contribution in [0.4, 0.5) is 4.39 Å². The normalized spacial score (nSPS) is 10.6. The molecule has 0 saturated carbocycles. The molecule has 0 spiro atoms. The Labute approximate surface area is 120 Å². The van der Waals surface area contributed by atoms with Crippen molar-refractivity contribution < 1.29 is 19.1 Å². The summed E-state index contributed by atoms with van der Waals surface area (Å²) < 4.78 is 17.9. The van der Waals surface area contributed by atoms with Crippen LogP contribution in [0, 0.1) is 5.95 Å². The number of rotatable bonds is 10. The molecule has 0 unspecified atom stereocenters. The Morgan fingerprint density at radius 2 is 1.75 bits per heavy atom. The number of halogens is 1. The van der Waals surface area contributed by atoms with Crippen molar-refractivity contribution in [1.82, 2.24) is 4.98 Å². The van der Waals surface area contributed by atoms with Gasteiger partial charge in [0.05, 0.1) is 0 Å². The topological polar surface area (TPSA) is 62.6 Å². The molecule has 0 aliphatic rings. The second-order valence-corrected chi connectivity index (χ2v) is 4.91. The fourth-order valence-corrected chi connectivity index (χ4v) is 2.06. The zero-order chi connectivity index (χ0) is 14.8. The molecule has 0 amide bonds. The van der Waals surface area contributed by atoms with Gasteiger partial charge in [-0.1, -0.05) is 45.4 Å².